The number of amides is 2. The lowest BCUT2D eigenvalue weighted by molar-refractivity contribution is 0.0882. The molecule has 3 rings (SSSR count). The molecular formula is C21H26N2O4. The molecule has 1 saturated heterocycles. The number of nitrogens with one attached hydrogen (secondary N) is 1. The minimum atomic E-state index is -0.428. The van der Waals surface area contributed by atoms with E-state index in [1.807, 2.05) is 54.6 Å². The molecule has 144 valence electrons. The normalized spacial score (nSPS) is 16.8. The van der Waals surface area contributed by atoms with Gasteiger partial charge in [0.15, 0.2) is 0 Å². The second-order valence-corrected chi connectivity index (χ2v) is 6.59. The highest BCUT2D eigenvalue weighted by atomic mass is 16.5. The van der Waals surface area contributed by atoms with Crippen molar-refractivity contribution in [2.24, 2.45) is 0 Å². The summed E-state index contributed by atoms with van der Waals surface area (Å²) >= 11 is 0. The van der Waals surface area contributed by atoms with Gasteiger partial charge in [-0.3, -0.25) is 0 Å². The molecule has 0 bridgehead atoms. The number of β-amino-alcohol motifs (C(OH)–C–C–N with tert-alkyl or cyclic N) is 1. The number of likely N-dealkylation sites (tertiary alicyclic amines) is 1. The highest BCUT2D eigenvalue weighted by Gasteiger charge is 2.21. The zero-order valence-corrected chi connectivity index (χ0v) is 15.3. The molecule has 2 aromatic carbocycles. The predicted octanol–water partition coefficient (Wildman–Crippen LogP) is 3.27. The molecule has 0 spiro atoms. The third-order valence-electron chi connectivity index (χ3n) is 4.37. The molecule has 1 unspecified atom stereocenters. The number of urea groups is 1. The summed E-state index contributed by atoms with van der Waals surface area (Å²) < 4.78 is 11.2. The van der Waals surface area contributed by atoms with E-state index in [0.717, 1.165) is 29.8 Å². The Morgan fingerprint density at radius 2 is 2.00 bits per heavy atom. The van der Waals surface area contributed by atoms with Gasteiger partial charge in [-0.2, -0.15) is 0 Å². The van der Waals surface area contributed by atoms with Crippen LogP contribution in [0, 0.1) is 0 Å². The molecule has 0 saturated carbocycles. The Morgan fingerprint density at radius 1 is 1.15 bits per heavy atom. The maximum atomic E-state index is 12.3. The van der Waals surface area contributed by atoms with Gasteiger partial charge in [0.05, 0.1) is 19.3 Å². The van der Waals surface area contributed by atoms with Gasteiger partial charge in [0.1, 0.15) is 12.4 Å². The van der Waals surface area contributed by atoms with Crippen molar-refractivity contribution < 1.29 is 19.4 Å². The molecule has 1 fully saturated rings. The van der Waals surface area contributed by atoms with Crippen LogP contribution in [0.1, 0.15) is 18.4 Å². The third-order valence-corrected chi connectivity index (χ3v) is 4.37. The molecule has 1 aliphatic heterocycles. The van der Waals surface area contributed by atoms with Crippen LogP contribution in [0.4, 0.5) is 10.5 Å². The first kappa shape index (κ1) is 19.2. The number of carbonyl (C=O) groups is 1. The van der Waals surface area contributed by atoms with Crippen molar-refractivity contribution in [3.05, 3.63) is 60.2 Å². The van der Waals surface area contributed by atoms with Gasteiger partial charge in [0.2, 0.25) is 0 Å². The van der Waals surface area contributed by atoms with E-state index in [4.69, 9.17) is 9.47 Å². The van der Waals surface area contributed by atoms with Gasteiger partial charge in [-0.25, -0.2) is 4.79 Å². The minimum absolute atomic E-state index is 0.178. The van der Waals surface area contributed by atoms with Gasteiger partial charge in [-0.15, -0.1) is 0 Å². The molecule has 1 heterocycles. The van der Waals surface area contributed by atoms with Crippen LogP contribution in [-0.4, -0.2) is 48.4 Å². The number of aliphatic hydroxyl groups excluding tert-OH is 1. The summed E-state index contributed by atoms with van der Waals surface area (Å²) in [5, 5.41) is 12.6. The summed E-state index contributed by atoms with van der Waals surface area (Å²) in [5.74, 6) is 0.827. The number of rotatable bonds is 7. The number of para-hydroxylation sites is 1. The number of carbonyl (C=O) groups excluding carboxylic acids is 1. The predicted molar refractivity (Wildman–Crippen MR) is 104 cm³/mol. The van der Waals surface area contributed by atoms with Crippen LogP contribution in [0.15, 0.2) is 54.6 Å². The van der Waals surface area contributed by atoms with Crippen LogP contribution >= 0.6 is 0 Å². The molecule has 6 nitrogen and oxygen atoms in total. The van der Waals surface area contributed by atoms with E-state index < -0.39 is 6.10 Å². The first-order valence-corrected chi connectivity index (χ1v) is 9.29. The molecule has 0 radical (unpaired) electrons. The van der Waals surface area contributed by atoms with Crippen molar-refractivity contribution in [3.8, 4) is 5.75 Å². The first-order chi connectivity index (χ1) is 13.2. The van der Waals surface area contributed by atoms with Crippen LogP contribution in [0.2, 0.25) is 0 Å². The lowest BCUT2D eigenvalue weighted by atomic mass is 10.1. The molecule has 1 atom stereocenters. The van der Waals surface area contributed by atoms with E-state index in [1.165, 1.54) is 0 Å². The van der Waals surface area contributed by atoms with Crippen LogP contribution in [0.5, 0.6) is 5.75 Å². The Labute approximate surface area is 159 Å². The average Bonchev–Trinajstić information content (AvgIpc) is 2.69. The number of aliphatic hydroxyl groups is 1. The Bertz CT molecular complexity index is 723. The smallest absolute Gasteiger partial charge is 0.321 e. The number of benzene rings is 2. The SMILES string of the molecule is O=C(Nc1cccc(COCCOc2ccccc2)c1)N1CCCC(O)C1. The zero-order chi connectivity index (χ0) is 18.9. The van der Waals surface area contributed by atoms with Crippen molar-refractivity contribution in [2.75, 3.05) is 31.6 Å². The van der Waals surface area contributed by atoms with E-state index in [2.05, 4.69) is 5.32 Å². The maximum absolute atomic E-state index is 12.3. The van der Waals surface area contributed by atoms with Crippen molar-refractivity contribution in [2.45, 2.75) is 25.6 Å². The second-order valence-electron chi connectivity index (χ2n) is 6.59. The van der Waals surface area contributed by atoms with Gasteiger partial charge < -0.3 is 24.8 Å². The van der Waals surface area contributed by atoms with E-state index >= 15 is 0 Å². The lowest BCUT2D eigenvalue weighted by Gasteiger charge is -2.30. The number of piperidine rings is 1. The summed E-state index contributed by atoms with van der Waals surface area (Å²) in [7, 11) is 0. The standard InChI is InChI=1S/C21H26N2O4/c24-19-8-5-11-23(15-19)21(25)22-18-7-4-6-17(14-18)16-26-12-13-27-20-9-2-1-3-10-20/h1-4,6-7,9-10,14,19,24H,5,8,11-13,15-16H2,(H,22,25). The van der Waals surface area contributed by atoms with Gasteiger partial charge in [0, 0.05) is 18.8 Å². The fourth-order valence-corrected chi connectivity index (χ4v) is 3.01. The maximum Gasteiger partial charge on any atom is 0.321 e. The quantitative estimate of drug-likeness (QED) is 0.734. The first-order valence-electron chi connectivity index (χ1n) is 9.29. The van der Waals surface area contributed by atoms with E-state index in [-0.39, 0.29) is 6.03 Å². The van der Waals surface area contributed by atoms with Crippen LogP contribution < -0.4 is 10.1 Å². The van der Waals surface area contributed by atoms with Crippen LogP contribution in [-0.2, 0) is 11.3 Å². The molecule has 0 aliphatic carbocycles. The van der Waals surface area contributed by atoms with Gasteiger partial charge in [0.25, 0.3) is 0 Å². The fraction of sp³-hybridized carbons (Fsp3) is 0.381. The van der Waals surface area contributed by atoms with E-state index in [0.29, 0.717) is 32.9 Å². The van der Waals surface area contributed by atoms with Crippen LogP contribution in [0.25, 0.3) is 0 Å². The molecule has 2 aromatic rings. The highest BCUT2D eigenvalue weighted by molar-refractivity contribution is 5.89. The second kappa shape index (κ2) is 9.94. The number of ether oxygens (including phenoxy) is 2. The minimum Gasteiger partial charge on any atom is -0.491 e. The highest BCUT2D eigenvalue weighted by Crippen LogP contribution is 2.15. The summed E-state index contributed by atoms with van der Waals surface area (Å²) in [6.07, 6.45) is 1.15. The Balaban J connectivity index is 1.41. The Kier molecular flexibility index (Phi) is 7.07. The Morgan fingerprint density at radius 3 is 2.81 bits per heavy atom. The van der Waals surface area contributed by atoms with Gasteiger partial charge in [-0.1, -0.05) is 30.3 Å². The molecule has 2 amide bonds. The molecule has 0 aromatic heterocycles. The monoisotopic (exact) mass is 370 g/mol. The molecular weight excluding hydrogens is 344 g/mol. The number of nitrogens with zero attached hydrogens (tertiary/aromatic N) is 1. The molecule has 6 heteroatoms. The average molecular weight is 370 g/mol. The van der Waals surface area contributed by atoms with Gasteiger partial charge in [-0.05, 0) is 42.7 Å². The number of hydrogen-bond acceptors (Lipinski definition) is 4. The third kappa shape index (κ3) is 6.27. The van der Waals surface area contributed by atoms with Crippen molar-refractivity contribution in [3.63, 3.8) is 0 Å². The van der Waals surface area contributed by atoms with Crippen molar-refractivity contribution >= 4 is 11.7 Å². The molecule has 1 aliphatic rings. The van der Waals surface area contributed by atoms with E-state index in [1.54, 1.807) is 4.90 Å². The summed E-state index contributed by atoms with van der Waals surface area (Å²) in [4.78, 5) is 14.0. The fourth-order valence-electron chi connectivity index (χ4n) is 3.01. The Hall–Kier alpha value is -2.57. The largest absolute Gasteiger partial charge is 0.491 e. The lowest BCUT2D eigenvalue weighted by Crippen LogP contribution is -2.44. The van der Waals surface area contributed by atoms with Crippen molar-refractivity contribution in [1.29, 1.82) is 0 Å². The summed E-state index contributed by atoms with van der Waals surface area (Å²) in [6, 6.07) is 17.0. The van der Waals surface area contributed by atoms with E-state index in [9.17, 15) is 9.90 Å². The number of hydrogen-bond donors (Lipinski definition) is 2. The summed E-state index contributed by atoms with van der Waals surface area (Å²) in [6.45, 7) is 2.47. The molecule has 2 N–H and O–H groups in total. The van der Waals surface area contributed by atoms with Crippen LogP contribution in [0.3, 0.4) is 0 Å². The number of anilines is 1. The summed E-state index contributed by atoms with van der Waals surface area (Å²) in [5.41, 5.74) is 1.70. The van der Waals surface area contributed by atoms with Crippen molar-refractivity contribution in [1.82, 2.24) is 4.90 Å². The van der Waals surface area contributed by atoms with Gasteiger partial charge >= 0.3 is 6.03 Å². The zero-order valence-electron chi connectivity index (χ0n) is 15.3. The topological polar surface area (TPSA) is 71.0 Å². The molecule has 27 heavy (non-hydrogen) atoms.